The molecule has 0 aromatic carbocycles. The van der Waals surface area contributed by atoms with E-state index in [1.165, 1.54) is 0 Å². The molecule has 13 heavy (non-hydrogen) atoms. The van der Waals surface area contributed by atoms with E-state index in [0.717, 1.165) is 0 Å². The Morgan fingerprint density at radius 3 is 1.23 bits per heavy atom. The molecule has 0 heterocycles. The molecule has 0 atom stereocenters. The lowest BCUT2D eigenvalue weighted by Gasteiger charge is -2.15. The van der Waals surface area contributed by atoms with E-state index in [1.54, 1.807) is 0 Å². The summed E-state index contributed by atoms with van der Waals surface area (Å²) in [5.74, 6) is 0. The number of hydrogen-bond acceptors (Lipinski definition) is 6. The van der Waals surface area contributed by atoms with Gasteiger partial charge in [0.25, 0.3) is 0 Å². The standard InChI is InChI=1S/C6H18BN3O3/c11-4-1-8-7(9-2-5-12)10-3-6-13/h8-13H,1-6H2. The summed E-state index contributed by atoms with van der Waals surface area (Å²) in [6.45, 7) is 1.54. The number of rotatable bonds is 9. The van der Waals surface area contributed by atoms with Gasteiger partial charge in [-0.1, -0.05) is 0 Å². The van der Waals surface area contributed by atoms with Crippen molar-refractivity contribution in [3.8, 4) is 0 Å². The van der Waals surface area contributed by atoms with Gasteiger partial charge in [-0.2, -0.15) is 0 Å². The highest BCUT2D eigenvalue weighted by Crippen LogP contribution is 1.67. The molecule has 0 rings (SSSR count). The first-order valence-electron chi connectivity index (χ1n) is 4.38. The molecule has 6 N–H and O–H groups in total. The zero-order valence-corrected chi connectivity index (χ0v) is 7.66. The quantitative estimate of drug-likeness (QED) is 0.214. The molecule has 0 radical (unpaired) electrons. The monoisotopic (exact) mass is 191 g/mol. The molecule has 0 aliphatic carbocycles. The van der Waals surface area contributed by atoms with Gasteiger partial charge in [-0.05, 0) is 0 Å². The average Bonchev–Trinajstić information content (AvgIpc) is 2.17. The predicted molar refractivity (Wildman–Crippen MR) is 51.0 cm³/mol. The summed E-state index contributed by atoms with van der Waals surface area (Å²) >= 11 is 0. The minimum atomic E-state index is -0.188. The average molecular weight is 191 g/mol. The molecule has 78 valence electrons. The lowest BCUT2D eigenvalue weighted by molar-refractivity contribution is 0.292. The van der Waals surface area contributed by atoms with E-state index in [-0.39, 0.29) is 26.9 Å². The maximum absolute atomic E-state index is 8.55. The molecule has 0 fully saturated rings. The minimum Gasteiger partial charge on any atom is -0.395 e. The first-order valence-corrected chi connectivity index (χ1v) is 4.38. The smallest absolute Gasteiger partial charge is 0.395 e. The van der Waals surface area contributed by atoms with Crippen molar-refractivity contribution in [2.75, 3.05) is 39.5 Å². The van der Waals surface area contributed by atoms with Gasteiger partial charge in [-0.3, -0.25) is 0 Å². The SMILES string of the molecule is OCCNB(NCCO)NCCO. The Morgan fingerprint density at radius 1 is 0.692 bits per heavy atom. The molecule has 6 nitrogen and oxygen atoms in total. The third kappa shape index (κ3) is 8.16. The zero-order chi connectivity index (χ0) is 9.94. The van der Waals surface area contributed by atoms with Gasteiger partial charge in [0.1, 0.15) is 0 Å². The Hall–Kier alpha value is -0.175. The fourth-order valence-electron chi connectivity index (χ4n) is 0.843. The number of hydrogen-bond donors (Lipinski definition) is 6. The van der Waals surface area contributed by atoms with Crippen LogP contribution in [0.1, 0.15) is 0 Å². The summed E-state index contributed by atoms with van der Waals surface area (Å²) in [5, 5.41) is 34.5. The molecule has 0 saturated heterocycles. The van der Waals surface area contributed by atoms with Crippen LogP contribution in [0.3, 0.4) is 0 Å². The Balaban J connectivity index is 3.47. The molecule has 0 aromatic heterocycles. The summed E-state index contributed by atoms with van der Waals surface area (Å²) in [6, 6.07) is 0. The van der Waals surface area contributed by atoms with Crippen LogP contribution in [0.4, 0.5) is 0 Å². The van der Waals surface area contributed by atoms with E-state index < -0.39 is 0 Å². The van der Waals surface area contributed by atoms with Crippen molar-refractivity contribution >= 4 is 7.12 Å². The number of aliphatic hydroxyl groups excluding tert-OH is 3. The second-order valence-corrected chi connectivity index (χ2v) is 2.47. The fraction of sp³-hybridized carbons (Fsp3) is 1.00. The lowest BCUT2D eigenvalue weighted by atomic mass is 9.94. The lowest BCUT2D eigenvalue weighted by Crippen LogP contribution is -2.59. The molecule has 0 unspecified atom stereocenters. The van der Waals surface area contributed by atoms with Gasteiger partial charge in [-0.15, -0.1) is 0 Å². The van der Waals surface area contributed by atoms with Crippen LogP contribution in [0.25, 0.3) is 0 Å². The van der Waals surface area contributed by atoms with Crippen LogP contribution >= 0.6 is 0 Å². The Labute approximate surface area is 78.5 Å². The van der Waals surface area contributed by atoms with Crippen LogP contribution < -0.4 is 15.7 Å². The van der Waals surface area contributed by atoms with Gasteiger partial charge in [0.2, 0.25) is 0 Å². The topological polar surface area (TPSA) is 96.8 Å². The molecule has 0 saturated carbocycles. The van der Waals surface area contributed by atoms with Crippen LogP contribution in [0.15, 0.2) is 0 Å². The Morgan fingerprint density at radius 2 is 1.00 bits per heavy atom. The summed E-state index contributed by atoms with van der Waals surface area (Å²) in [6.07, 6.45) is 0. The number of nitrogens with one attached hydrogen (secondary N) is 3. The van der Waals surface area contributed by atoms with Gasteiger partial charge in [0.05, 0.1) is 19.8 Å². The fourth-order valence-corrected chi connectivity index (χ4v) is 0.843. The molecule has 0 aliphatic rings. The third-order valence-corrected chi connectivity index (χ3v) is 1.38. The highest BCUT2D eigenvalue weighted by atomic mass is 16.3. The van der Waals surface area contributed by atoms with E-state index in [4.69, 9.17) is 15.3 Å². The van der Waals surface area contributed by atoms with Crippen molar-refractivity contribution in [3.05, 3.63) is 0 Å². The largest absolute Gasteiger partial charge is 0.395 e. The van der Waals surface area contributed by atoms with E-state index in [0.29, 0.717) is 19.6 Å². The van der Waals surface area contributed by atoms with E-state index in [1.807, 2.05) is 0 Å². The van der Waals surface area contributed by atoms with Crippen molar-refractivity contribution < 1.29 is 15.3 Å². The van der Waals surface area contributed by atoms with Crippen LogP contribution in [0.5, 0.6) is 0 Å². The highest BCUT2D eigenvalue weighted by molar-refractivity contribution is 6.50. The van der Waals surface area contributed by atoms with Crippen molar-refractivity contribution in [2.45, 2.75) is 0 Å². The molecule has 0 bridgehead atoms. The van der Waals surface area contributed by atoms with Crippen LogP contribution in [0.2, 0.25) is 0 Å². The summed E-state index contributed by atoms with van der Waals surface area (Å²) in [7, 11) is -0.188. The molecule has 0 spiro atoms. The van der Waals surface area contributed by atoms with Crippen LogP contribution in [-0.4, -0.2) is 61.9 Å². The highest BCUT2D eigenvalue weighted by Gasteiger charge is 2.11. The molecule has 0 aromatic rings. The number of aliphatic hydroxyl groups is 3. The first kappa shape index (κ1) is 12.8. The molecular formula is C6H18BN3O3. The summed E-state index contributed by atoms with van der Waals surface area (Å²) in [4.78, 5) is 0. The maximum atomic E-state index is 8.55. The van der Waals surface area contributed by atoms with Crippen molar-refractivity contribution in [3.63, 3.8) is 0 Å². The third-order valence-electron chi connectivity index (χ3n) is 1.38. The minimum absolute atomic E-state index is 0.0537. The maximum Gasteiger partial charge on any atom is 0.395 e. The normalized spacial score (nSPS) is 10.4. The molecule has 0 amide bonds. The van der Waals surface area contributed by atoms with Crippen molar-refractivity contribution in [1.29, 1.82) is 0 Å². The van der Waals surface area contributed by atoms with E-state index in [9.17, 15) is 0 Å². The van der Waals surface area contributed by atoms with E-state index in [2.05, 4.69) is 15.7 Å². The van der Waals surface area contributed by atoms with Gasteiger partial charge in [-0.25, -0.2) is 0 Å². The van der Waals surface area contributed by atoms with Crippen molar-refractivity contribution in [1.82, 2.24) is 15.7 Å². The van der Waals surface area contributed by atoms with Crippen LogP contribution in [-0.2, 0) is 0 Å². The van der Waals surface area contributed by atoms with Gasteiger partial charge < -0.3 is 31.0 Å². The molecule has 7 heteroatoms. The second-order valence-electron chi connectivity index (χ2n) is 2.47. The Bertz CT molecular complexity index is 90.1. The molecule has 0 aliphatic heterocycles. The zero-order valence-electron chi connectivity index (χ0n) is 7.66. The second kappa shape index (κ2) is 9.91. The van der Waals surface area contributed by atoms with Crippen molar-refractivity contribution in [2.24, 2.45) is 0 Å². The predicted octanol–water partition coefficient (Wildman–Crippen LogP) is -3.28. The first-order chi connectivity index (χ1) is 6.35. The van der Waals surface area contributed by atoms with Crippen LogP contribution in [0, 0.1) is 0 Å². The summed E-state index contributed by atoms with van der Waals surface area (Å²) < 4.78 is 0. The molecular weight excluding hydrogens is 173 g/mol. The summed E-state index contributed by atoms with van der Waals surface area (Å²) in [5.41, 5.74) is 0. The van der Waals surface area contributed by atoms with E-state index >= 15 is 0 Å². The Kier molecular flexibility index (Phi) is 9.78. The van der Waals surface area contributed by atoms with Gasteiger partial charge in [0, 0.05) is 19.6 Å². The van der Waals surface area contributed by atoms with Gasteiger partial charge in [0.15, 0.2) is 0 Å². The van der Waals surface area contributed by atoms with Gasteiger partial charge >= 0.3 is 7.12 Å².